The van der Waals surface area contributed by atoms with Gasteiger partial charge in [-0.05, 0) is 40.9 Å². The fraction of sp³-hybridized carbons (Fsp3) is 0.188. The molecule has 0 spiro atoms. The van der Waals surface area contributed by atoms with Crippen LogP contribution in [0.1, 0.15) is 27.0 Å². The van der Waals surface area contributed by atoms with Crippen LogP contribution >= 0.6 is 11.6 Å². The summed E-state index contributed by atoms with van der Waals surface area (Å²) in [6.45, 7) is 0. The van der Waals surface area contributed by atoms with Gasteiger partial charge < -0.3 is 0 Å². The lowest BCUT2D eigenvalue weighted by Gasteiger charge is -2.23. The van der Waals surface area contributed by atoms with Crippen LogP contribution in [0.25, 0.3) is 11.1 Å². The zero-order chi connectivity index (χ0) is 20.8. The van der Waals surface area contributed by atoms with Crippen LogP contribution < -0.4 is 0 Å². The normalized spacial score (nSPS) is 13.0. The quantitative estimate of drug-likeness (QED) is 0.386. The Morgan fingerprint density at radius 3 is 1.52 bits per heavy atom. The van der Waals surface area contributed by atoms with Gasteiger partial charge in [0.15, 0.2) is 0 Å². The van der Waals surface area contributed by atoms with Crippen molar-refractivity contribution in [3.05, 3.63) is 58.7 Å². The van der Waals surface area contributed by atoms with E-state index in [1.54, 1.807) is 0 Å². The van der Waals surface area contributed by atoms with E-state index in [0.717, 1.165) is 24.3 Å². The van der Waals surface area contributed by atoms with Crippen molar-refractivity contribution in [3.63, 3.8) is 0 Å². The third kappa shape index (κ3) is 4.37. The summed E-state index contributed by atoms with van der Waals surface area (Å²) in [5.74, 6) is 0. The van der Waals surface area contributed by atoms with E-state index in [9.17, 15) is 44.3 Å². The molecule has 2 aromatic rings. The van der Waals surface area contributed by atoms with Gasteiger partial charge in [-0.1, -0.05) is 18.2 Å². The van der Waals surface area contributed by atoms with Gasteiger partial charge in [0.25, 0.3) is 5.24 Å². The molecule has 0 bridgehead atoms. The Labute approximate surface area is 150 Å². The van der Waals surface area contributed by atoms with Gasteiger partial charge in [-0.3, -0.25) is 4.79 Å². The van der Waals surface area contributed by atoms with Crippen LogP contribution in [0.4, 0.5) is 39.5 Å². The zero-order valence-corrected chi connectivity index (χ0v) is 13.4. The van der Waals surface area contributed by atoms with Crippen molar-refractivity contribution >= 4 is 16.8 Å². The molecule has 2 rings (SSSR count). The maximum absolute atomic E-state index is 13.4. The number of benzene rings is 2. The second-order valence-corrected chi connectivity index (χ2v) is 5.60. The van der Waals surface area contributed by atoms with Crippen molar-refractivity contribution in [2.24, 2.45) is 0 Å². The van der Waals surface area contributed by atoms with E-state index in [2.05, 4.69) is 0 Å². The Hall–Kier alpha value is -2.23. The maximum atomic E-state index is 13.4. The molecule has 0 aliphatic heterocycles. The summed E-state index contributed by atoms with van der Waals surface area (Å²) < 4.78 is 118. The number of rotatable bonds is 2. The number of carbonyl (C=O) groups is 1. The molecular weight excluding hydrogens is 415 g/mol. The lowest BCUT2D eigenvalue weighted by Crippen LogP contribution is -2.23. The second-order valence-electron chi connectivity index (χ2n) is 5.26. The smallest absolute Gasteiger partial charge is 0.276 e. The van der Waals surface area contributed by atoms with Crippen LogP contribution in [0.3, 0.4) is 0 Å². The summed E-state index contributed by atoms with van der Waals surface area (Å²) in [6.07, 6.45) is -17.3. The molecule has 27 heavy (non-hydrogen) atoms. The third-order valence-electron chi connectivity index (χ3n) is 3.50. The molecule has 0 unspecified atom stereocenters. The SMILES string of the molecule is O=C(Cl)c1ccc(-c2ccc(C(F)(F)F)c(C(F)(F)F)c2C(F)(F)F)cc1. The van der Waals surface area contributed by atoms with Gasteiger partial charge >= 0.3 is 18.5 Å². The second kappa shape index (κ2) is 6.74. The summed E-state index contributed by atoms with van der Waals surface area (Å²) in [5, 5.41) is -0.971. The molecule has 0 radical (unpaired) electrons. The van der Waals surface area contributed by atoms with Crippen LogP contribution in [0.2, 0.25) is 0 Å². The molecule has 0 amide bonds. The van der Waals surface area contributed by atoms with E-state index in [1.165, 1.54) is 0 Å². The van der Waals surface area contributed by atoms with Crippen molar-refractivity contribution < 1.29 is 44.3 Å². The van der Waals surface area contributed by atoms with Crippen LogP contribution in [0, 0.1) is 0 Å². The van der Waals surface area contributed by atoms with E-state index < -0.39 is 51.6 Å². The van der Waals surface area contributed by atoms with E-state index in [4.69, 9.17) is 11.6 Å². The molecule has 0 N–H and O–H groups in total. The Kier molecular flexibility index (Phi) is 5.26. The highest BCUT2D eigenvalue weighted by Crippen LogP contribution is 2.49. The van der Waals surface area contributed by atoms with Gasteiger partial charge in [0, 0.05) is 5.56 Å². The monoisotopic (exact) mass is 420 g/mol. The minimum absolute atomic E-state index is 0.0615. The first kappa shape index (κ1) is 21.1. The van der Waals surface area contributed by atoms with E-state index in [0.29, 0.717) is 6.07 Å². The number of halogens is 10. The molecular formula is C16H6ClF9O. The third-order valence-corrected chi connectivity index (χ3v) is 3.72. The standard InChI is InChI=1S/C16H6ClF9O/c17-13(27)8-3-1-7(2-4-8)9-5-6-10(14(18,19)20)12(16(24,25)26)11(9)15(21,22)23/h1-6H. The lowest BCUT2D eigenvalue weighted by molar-refractivity contribution is -0.174. The summed E-state index contributed by atoms with van der Waals surface area (Å²) >= 11 is 5.17. The Morgan fingerprint density at radius 1 is 0.667 bits per heavy atom. The highest BCUT2D eigenvalue weighted by atomic mass is 35.5. The highest BCUT2D eigenvalue weighted by Gasteiger charge is 2.51. The molecule has 0 saturated heterocycles. The van der Waals surface area contributed by atoms with Gasteiger partial charge in [0.2, 0.25) is 0 Å². The predicted molar refractivity (Wildman–Crippen MR) is 77.1 cm³/mol. The first-order valence-corrected chi connectivity index (χ1v) is 7.20. The first-order valence-electron chi connectivity index (χ1n) is 6.83. The van der Waals surface area contributed by atoms with Crippen molar-refractivity contribution in [1.29, 1.82) is 0 Å². The number of alkyl halides is 9. The van der Waals surface area contributed by atoms with Crippen LogP contribution in [-0.2, 0) is 18.5 Å². The van der Waals surface area contributed by atoms with E-state index in [1.807, 2.05) is 0 Å². The van der Waals surface area contributed by atoms with Crippen molar-refractivity contribution in [1.82, 2.24) is 0 Å². The number of carbonyl (C=O) groups excluding carboxylic acids is 1. The Morgan fingerprint density at radius 2 is 1.15 bits per heavy atom. The van der Waals surface area contributed by atoms with E-state index >= 15 is 0 Å². The van der Waals surface area contributed by atoms with Crippen LogP contribution in [0.5, 0.6) is 0 Å². The molecule has 0 heterocycles. The summed E-state index contributed by atoms with van der Waals surface area (Å²) in [5.41, 5.74) is -9.47. The lowest BCUT2D eigenvalue weighted by atomic mass is 9.90. The molecule has 0 atom stereocenters. The molecule has 0 aliphatic carbocycles. The van der Waals surface area contributed by atoms with Crippen molar-refractivity contribution in [3.8, 4) is 11.1 Å². The maximum Gasteiger partial charge on any atom is 0.417 e. The molecule has 0 fully saturated rings. The van der Waals surface area contributed by atoms with Gasteiger partial charge in [0.1, 0.15) is 0 Å². The molecule has 0 aromatic heterocycles. The van der Waals surface area contributed by atoms with Crippen molar-refractivity contribution in [2.45, 2.75) is 18.5 Å². The summed E-state index contributed by atoms with van der Waals surface area (Å²) in [4.78, 5) is 11.0. The molecule has 0 aliphatic rings. The molecule has 11 heteroatoms. The Balaban J connectivity index is 2.89. The number of hydrogen-bond acceptors (Lipinski definition) is 1. The largest absolute Gasteiger partial charge is 0.417 e. The van der Waals surface area contributed by atoms with Gasteiger partial charge in [-0.25, -0.2) is 0 Å². The molecule has 146 valence electrons. The summed E-state index contributed by atoms with van der Waals surface area (Å²) in [7, 11) is 0. The molecule has 2 aromatic carbocycles. The average Bonchev–Trinajstić information content (AvgIpc) is 2.51. The van der Waals surface area contributed by atoms with Crippen molar-refractivity contribution in [2.75, 3.05) is 0 Å². The minimum atomic E-state index is -5.92. The van der Waals surface area contributed by atoms with E-state index in [-0.39, 0.29) is 11.6 Å². The Bertz CT molecular complexity index is 862. The fourth-order valence-electron chi connectivity index (χ4n) is 2.45. The minimum Gasteiger partial charge on any atom is -0.276 e. The summed E-state index contributed by atoms with van der Waals surface area (Å²) in [6, 6.07) is 3.83. The molecule has 1 nitrogen and oxygen atoms in total. The topological polar surface area (TPSA) is 17.1 Å². The van der Waals surface area contributed by atoms with Crippen LogP contribution in [-0.4, -0.2) is 5.24 Å². The highest BCUT2D eigenvalue weighted by molar-refractivity contribution is 6.67. The first-order chi connectivity index (χ1) is 12.1. The van der Waals surface area contributed by atoms with Gasteiger partial charge in [-0.15, -0.1) is 0 Å². The average molecular weight is 421 g/mol. The molecule has 0 saturated carbocycles. The number of hydrogen-bond donors (Lipinski definition) is 0. The van der Waals surface area contributed by atoms with Crippen LogP contribution in [0.15, 0.2) is 36.4 Å². The van der Waals surface area contributed by atoms with Gasteiger partial charge in [-0.2, -0.15) is 39.5 Å². The van der Waals surface area contributed by atoms with Gasteiger partial charge in [0.05, 0.1) is 16.7 Å². The zero-order valence-electron chi connectivity index (χ0n) is 12.7. The predicted octanol–water partition coefficient (Wildman–Crippen LogP) is 6.79. The fourth-order valence-corrected chi connectivity index (χ4v) is 2.58.